The van der Waals surface area contributed by atoms with E-state index >= 15 is 0 Å². The van der Waals surface area contributed by atoms with Crippen molar-refractivity contribution in [1.82, 2.24) is 4.98 Å². The molecular formula is C12H15NS. The predicted octanol–water partition coefficient (Wildman–Crippen LogP) is 1.86. The quantitative estimate of drug-likeness (QED) is 0.718. The zero-order chi connectivity index (χ0) is 9.97. The first-order chi connectivity index (χ1) is 6.79. The van der Waals surface area contributed by atoms with Crippen molar-refractivity contribution in [2.75, 3.05) is 0 Å². The lowest BCUT2D eigenvalue weighted by Gasteiger charge is -1.92. The van der Waals surface area contributed by atoms with E-state index in [0.717, 1.165) is 11.8 Å². The summed E-state index contributed by atoms with van der Waals surface area (Å²) < 4.78 is 1.34. The Bertz CT molecular complexity index is 453. The number of hydrogen-bond acceptors (Lipinski definition) is 2. The highest BCUT2D eigenvalue weighted by molar-refractivity contribution is 7.09. The molecule has 74 valence electrons. The first-order valence-corrected chi connectivity index (χ1v) is 5.97. The molecule has 0 spiro atoms. The van der Waals surface area contributed by atoms with E-state index in [1.54, 1.807) is 0 Å². The molecule has 1 aromatic rings. The fourth-order valence-electron chi connectivity index (χ4n) is 1.57. The number of aromatic nitrogens is 1. The molecule has 1 aliphatic carbocycles. The van der Waals surface area contributed by atoms with Gasteiger partial charge in [0.1, 0.15) is 0 Å². The third-order valence-corrected chi connectivity index (χ3v) is 3.37. The van der Waals surface area contributed by atoms with Gasteiger partial charge < -0.3 is 0 Å². The lowest BCUT2D eigenvalue weighted by molar-refractivity contribution is 0.904. The maximum absolute atomic E-state index is 4.62. The van der Waals surface area contributed by atoms with Crippen LogP contribution in [-0.4, -0.2) is 4.98 Å². The summed E-state index contributed by atoms with van der Waals surface area (Å²) in [6, 6.07) is 0. The summed E-state index contributed by atoms with van der Waals surface area (Å²) in [5.74, 6) is 0.530. The lowest BCUT2D eigenvalue weighted by atomic mass is 10.2. The Hall–Kier alpha value is -0.890. The molecular weight excluding hydrogens is 190 g/mol. The van der Waals surface area contributed by atoms with Gasteiger partial charge in [-0.15, -0.1) is 11.3 Å². The molecule has 2 rings (SSSR count). The van der Waals surface area contributed by atoms with Crippen molar-refractivity contribution in [3.05, 3.63) is 27.0 Å². The van der Waals surface area contributed by atoms with E-state index in [-0.39, 0.29) is 0 Å². The summed E-state index contributed by atoms with van der Waals surface area (Å²) >= 11 is 1.84. The number of hydrogen-bond donors (Lipinski definition) is 0. The van der Waals surface area contributed by atoms with Gasteiger partial charge in [0.15, 0.2) is 0 Å². The molecule has 14 heavy (non-hydrogen) atoms. The van der Waals surface area contributed by atoms with E-state index < -0.39 is 0 Å². The summed E-state index contributed by atoms with van der Waals surface area (Å²) in [5, 5.41) is 2.42. The average molecular weight is 205 g/mol. The van der Waals surface area contributed by atoms with Crippen LogP contribution in [0.15, 0.2) is 12.2 Å². The average Bonchev–Trinajstić information content (AvgIpc) is 2.41. The Balaban J connectivity index is 2.50. The second-order valence-electron chi connectivity index (χ2n) is 3.68. The highest BCUT2D eigenvalue weighted by Gasteiger charge is 2.01. The molecule has 1 nitrogen and oxygen atoms in total. The first kappa shape index (κ1) is 9.66. The molecule has 1 heterocycles. The smallest absolute Gasteiger partial charge is 0.0938 e. The number of nitrogens with zero attached hydrogens (tertiary/aromatic N) is 1. The van der Waals surface area contributed by atoms with Crippen molar-refractivity contribution in [1.29, 1.82) is 0 Å². The van der Waals surface area contributed by atoms with E-state index in [0.29, 0.717) is 5.92 Å². The zero-order valence-corrected chi connectivity index (χ0v) is 9.47. The minimum atomic E-state index is 0.530. The largest absolute Gasteiger partial charge is 0.241 e. The zero-order valence-electron chi connectivity index (χ0n) is 8.66. The van der Waals surface area contributed by atoms with Gasteiger partial charge in [-0.1, -0.05) is 32.1 Å². The van der Waals surface area contributed by atoms with Gasteiger partial charge in [-0.3, -0.25) is 0 Å². The Labute approximate surface area is 88.5 Å². The van der Waals surface area contributed by atoms with Crippen molar-refractivity contribution < 1.29 is 0 Å². The number of allylic oxidation sites excluding steroid dienone is 2. The summed E-state index contributed by atoms with van der Waals surface area (Å²) in [6.45, 7) is 4.40. The maximum Gasteiger partial charge on any atom is 0.0938 e. The molecule has 0 N–H and O–H groups in total. The SMILES string of the molecule is CCCc1nc2c(s1)=CC(C)C=CC=2. The van der Waals surface area contributed by atoms with Crippen molar-refractivity contribution >= 4 is 23.5 Å². The fraction of sp³-hybridized carbons (Fsp3) is 0.417. The second kappa shape index (κ2) is 4.09. The van der Waals surface area contributed by atoms with Crippen molar-refractivity contribution in [3.8, 4) is 0 Å². The Morgan fingerprint density at radius 1 is 1.50 bits per heavy atom. The van der Waals surface area contributed by atoms with Crippen LogP contribution in [0.2, 0.25) is 0 Å². The molecule has 0 saturated carbocycles. The van der Waals surface area contributed by atoms with Crippen molar-refractivity contribution in [2.45, 2.75) is 26.7 Å². The van der Waals surface area contributed by atoms with Crippen LogP contribution in [-0.2, 0) is 6.42 Å². The molecule has 2 heteroatoms. The van der Waals surface area contributed by atoms with Gasteiger partial charge >= 0.3 is 0 Å². The lowest BCUT2D eigenvalue weighted by Crippen LogP contribution is -2.20. The third kappa shape index (κ3) is 1.95. The van der Waals surface area contributed by atoms with Crippen LogP contribution in [0.4, 0.5) is 0 Å². The summed E-state index contributed by atoms with van der Waals surface area (Å²) in [6.07, 6.45) is 11.0. The van der Waals surface area contributed by atoms with E-state index in [1.807, 2.05) is 11.3 Å². The van der Waals surface area contributed by atoms with Gasteiger partial charge in [-0.2, -0.15) is 0 Å². The molecule has 0 amide bonds. The van der Waals surface area contributed by atoms with Crippen molar-refractivity contribution in [3.63, 3.8) is 0 Å². The fourth-order valence-corrected chi connectivity index (χ4v) is 2.77. The van der Waals surface area contributed by atoms with Gasteiger partial charge in [-0.25, -0.2) is 4.98 Å². The van der Waals surface area contributed by atoms with Crippen LogP contribution in [0.25, 0.3) is 12.2 Å². The number of rotatable bonds is 2. The molecule has 1 aromatic heterocycles. The van der Waals surface area contributed by atoms with Crippen LogP contribution in [0.3, 0.4) is 0 Å². The minimum Gasteiger partial charge on any atom is -0.241 e. The Morgan fingerprint density at radius 3 is 3.14 bits per heavy atom. The van der Waals surface area contributed by atoms with Crippen LogP contribution >= 0.6 is 11.3 Å². The van der Waals surface area contributed by atoms with Gasteiger partial charge in [0, 0.05) is 0 Å². The monoisotopic (exact) mass is 205 g/mol. The molecule has 1 aliphatic rings. The van der Waals surface area contributed by atoms with Gasteiger partial charge in [0.25, 0.3) is 0 Å². The number of fused-ring (bicyclic) bond motifs is 1. The van der Waals surface area contributed by atoms with Crippen LogP contribution < -0.4 is 9.88 Å². The molecule has 0 radical (unpaired) electrons. The van der Waals surface area contributed by atoms with Gasteiger partial charge in [0.05, 0.1) is 14.9 Å². The van der Waals surface area contributed by atoms with Gasteiger partial charge in [-0.05, 0) is 24.8 Å². The molecule has 1 unspecified atom stereocenters. The van der Waals surface area contributed by atoms with E-state index in [1.165, 1.54) is 16.0 Å². The summed E-state index contributed by atoms with van der Waals surface area (Å²) in [4.78, 5) is 4.62. The summed E-state index contributed by atoms with van der Waals surface area (Å²) in [5.41, 5.74) is 0. The second-order valence-corrected chi connectivity index (χ2v) is 4.80. The number of aryl methyl sites for hydroxylation is 1. The molecule has 0 aromatic carbocycles. The van der Waals surface area contributed by atoms with Crippen LogP contribution in [0.1, 0.15) is 25.3 Å². The van der Waals surface area contributed by atoms with Crippen molar-refractivity contribution in [2.24, 2.45) is 5.92 Å². The van der Waals surface area contributed by atoms with Crippen LogP contribution in [0.5, 0.6) is 0 Å². The predicted molar refractivity (Wildman–Crippen MR) is 62.6 cm³/mol. The third-order valence-electron chi connectivity index (χ3n) is 2.27. The normalized spacial score (nSPS) is 19.4. The Morgan fingerprint density at radius 2 is 2.36 bits per heavy atom. The van der Waals surface area contributed by atoms with E-state index in [9.17, 15) is 0 Å². The molecule has 1 atom stereocenters. The standard InChI is InChI=1S/C12H15NS/c1-3-5-12-13-10-7-4-6-9(2)8-11(10)14-12/h4,6-9H,3,5H2,1-2H3. The topological polar surface area (TPSA) is 12.9 Å². The minimum absolute atomic E-state index is 0.530. The summed E-state index contributed by atoms with van der Waals surface area (Å²) in [7, 11) is 0. The molecule has 0 bridgehead atoms. The van der Waals surface area contributed by atoms with Gasteiger partial charge in [0.2, 0.25) is 0 Å². The maximum atomic E-state index is 4.62. The highest BCUT2D eigenvalue weighted by Crippen LogP contribution is 2.05. The first-order valence-electron chi connectivity index (χ1n) is 5.15. The van der Waals surface area contributed by atoms with E-state index in [4.69, 9.17) is 0 Å². The molecule has 0 saturated heterocycles. The van der Waals surface area contributed by atoms with E-state index in [2.05, 4.69) is 43.1 Å². The number of thiazole rings is 1. The highest BCUT2D eigenvalue weighted by atomic mass is 32.1. The van der Waals surface area contributed by atoms with Crippen LogP contribution in [0, 0.1) is 5.92 Å². The Kier molecular flexibility index (Phi) is 2.82. The molecule has 0 fully saturated rings. The molecule has 0 aliphatic heterocycles.